The van der Waals surface area contributed by atoms with Gasteiger partial charge in [-0.15, -0.1) is 4.91 Å². The molecule has 0 radical (unpaired) electrons. The Labute approximate surface area is 128 Å². The quantitative estimate of drug-likeness (QED) is 0.882. The van der Waals surface area contributed by atoms with E-state index in [0.717, 1.165) is 12.0 Å². The predicted molar refractivity (Wildman–Crippen MR) is 84.2 cm³/mol. The van der Waals surface area contributed by atoms with Crippen molar-refractivity contribution in [2.75, 3.05) is 13.1 Å². The highest BCUT2D eigenvalue weighted by Crippen LogP contribution is 2.29. The van der Waals surface area contributed by atoms with Crippen LogP contribution in [0.15, 0.2) is 59.9 Å². The zero-order chi connectivity index (χ0) is 15.4. The molecule has 0 fully saturated rings. The summed E-state index contributed by atoms with van der Waals surface area (Å²) in [6.45, 7) is 0.933. The zero-order valence-corrected chi connectivity index (χ0v) is 12.1. The molecule has 2 aromatic rings. The highest BCUT2D eigenvalue weighted by Gasteiger charge is 2.27. The molecule has 112 valence electrons. The minimum Gasteiger partial charge on any atom is -0.350 e. The van der Waals surface area contributed by atoms with E-state index >= 15 is 0 Å². The van der Waals surface area contributed by atoms with Crippen LogP contribution < -0.4 is 5.32 Å². The van der Waals surface area contributed by atoms with Gasteiger partial charge in [-0.2, -0.15) is 0 Å². The first kappa shape index (κ1) is 14.3. The van der Waals surface area contributed by atoms with Crippen molar-refractivity contribution in [2.45, 2.75) is 12.5 Å². The summed E-state index contributed by atoms with van der Waals surface area (Å²) in [7, 11) is 0. The first-order chi connectivity index (χ1) is 10.8. The van der Waals surface area contributed by atoms with Crippen molar-refractivity contribution >= 4 is 5.91 Å². The summed E-state index contributed by atoms with van der Waals surface area (Å²) >= 11 is 0. The molecule has 1 aliphatic rings. The van der Waals surface area contributed by atoms with Crippen molar-refractivity contribution in [3.05, 3.63) is 76.2 Å². The number of carbonyl (C=O) groups excluding carboxylic acids is 1. The molecule has 0 unspecified atom stereocenters. The number of nitrogens with zero attached hydrogens (tertiary/aromatic N) is 2. The molecule has 5 heteroatoms. The summed E-state index contributed by atoms with van der Waals surface area (Å²) < 4.78 is 0. The molecule has 0 saturated carbocycles. The number of carbonyl (C=O) groups is 1. The Morgan fingerprint density at radius 2 is 1.86 bits per heavy atom. The summed E-state index contributed by atoms with van der Waals surface area (Å²) in [5, 5.41) is 7.51. The largest absolute Gasteiger partial charge is 0.350 e. The summed E-state index contributed by atoms with van der Waals surface area (Å²) in [5.41, 5.74) is 2.88. The van der Waals surface area contributed by atoms with Crippen molar-refractivity contribution in [1.82, 2.24) is 10.3 Å². The Bertz CT molecular complexity index is 673. The molecule has 0 aromatic heterocycles. The fourth-order valence-electron chi connectivity index (χ4n) is 2.83. The third kappa shape index (κ3) is 2.83. The van der Waals surface area contributed by atoms with Crippen LogP contribution >= 0.6 is 0 Å². The minimum absolute atomic E-state index is 0.144. The van der Waals surface area contributed by atoms with Gasteiger partial charge in [-0.05, 0) is 29.7 Å². The monoisotopic (exact) mass is 295 g/mol. The lowest BCUT2D eigenvalue weighted by Crippen LogP contribution is -2.39. The summed E-state index contributed by atoms with van der Waals surface area (Å²) in [5.74, 6) is -0.144. The topological polar surface area (TPSA) is 61.8 Å². The maximum absolute atomic E-state index is 12.2. The van der Waals surface area contributed by atoms with Gasteiger partial charge in [0.05, 0.1) is 11.3 Å². The van der Waals surface area contributed by atoms with Gasteiger partial charge >= 0.3 is 0 Å². The molecule has 1 atom stereocenters. The summed E-state index contributed by atoms with van der Waals surface area (Å²) in [6, 6.07) is 16.8. The Morgan fingerprint density at radius 1 is 1.14 bits per heavy atom. The van der Waals surface area contributed by atoms with Gasteiger partial charge in [0.1, 0.15) is 0 Å². The van der Waals surface area contributed by atoms with Gasteiger partial charge in [-0.3, -0.25) is 9.80 Å². The smallest absolute Gasteiger partial charge is 0.251 e. The number of hydrogen-bond donors (Lipinski definition) is 1. The zero-order valence-electron chi connectivity index (χ0n) is 12.1. The third-order valence-electron chi connectivity index (χ3n) is 3.98. The normalized spacial score (nSPS) is 16.7. The highest BCUT2D eigenvalue weighted by molar-refractivity contribution is 5.94. The first-order valence-corrected chi connectivity index (χ1v) is 7.30. The van der Waals surface area contributed by atoms with Crippen LogP contribution in [-0.4, -0.2) is 24.0 Å². The molecular weight excluding hydrogens is 278 g/mol. The van der Waals surface area contributed by atoms with Crippen molar-refractivity contribution in [3.63, 3.8) is 0 Å². The Kier molecular flexibility index (Phi) is 4.14. The fraction of sp³-hybridized carbons (Fsp3) is 0.235. The van der Waals surface area contributed by atoms with E-state index in [1.54, 1.807) is 12.1 Å². The van der Waals surface area contributed by atoms with Gasteiger partial charge in [0.15, 0.2) is 0 Å². The Morgan fingerprint density at radius 3 is 2.64 bits per heavy atom. The van der Waals surface area contributed by atoms with Crippen LogP contribution in [0.4, 0.5) is 0 Å². The number of nitrogens with one attached hydrogen (secondary N) is 1. The summed E-state index contributed by atoms with van der Waals surface area (Å²) in [4.78, 5) is 23.2. The van der Waals surface area contributed by atoms with Gasteiger partial charge in [0.2, 0.25) is 0 Å². The standard InChI is InChI=1S/C17H17N3O2/c21-17(14-7-2-1-3-8-14)18-12-16-15-9-5-4-6-13(15)10-11-20(16)19-22/h1-9,16H,10-12H2,(H,18,21)/t16-/m0/s1. The summed E-state index contributed by atoms with van der Waals surface area (Å²) in [6.07, 6.45) is 0.797. The fourth-order valence-corrected chi connectivity index (χ4v) is 2.83. The molecule has 0 aliphatic carbocycles. The second kappa shape index (κ2) is 6.39. The van der Waals surface area contributed by atoms with Crippen molar-refractivity contribution in [2.24, 2.45) is 5.29 Å². The second-order valence-corrected chi connectivity index (χ2v) is 5.29. The number of nitroso groups, excluding NO2 is 1. The van der Waals surface area contributed by atoms with Crippen LogP contribution in [0.5, 0.6) is 0 Å². The predicted octanol–water partition coefficient (Wildman–Crippen LogP) is 2.70. The number of hydrogen-bond acceptors (Lipinski definition) is 3. The van der Waals surface area contributed by atoms with Crippen molar-refractivity contribution < 1.29 is 4.79 Å². The number of fused-ring (bicyclic) bond motifs is 1. The Hall–Kier alpha value is -2.69. The van der Waals surface area contributed by atoms with E-state index < -0.39 is 0 Å². The van der Waals surface area contributed by atoms with E-state index in [-0.39, 0.29) is 11.9 Å². The third-order valence-corrected chi connectivity index (χ3v) is 3.98. The second-order valence-electron chi connectivity index (χ2n) is 5.29. The SMILES string of the molecule is O=NN1CCc2ccccc2[C@@H]1CNC(=O)c1ccccc1. The Balaban J connectivity index is 1.75. The van der Waals surface area contributed by atoms with Crippen LogP contribution in [0.1, 0.15) is 27.5 Å². The molecule has 2 aromatic carbocycles. The van der Waals surface area contributed by atoms with E-state index in [4.69, 9.17) is 0 Å². The van der Waals surface area contributed by atoms with Crippen molar-refractivity contribution in [1.29, 1.82) is 0 Å². The van der Waals surface area contributed by atoms with Crippen LogP contribution in [0, 0.1) is 4.91 Å². The van der Waals surface area contributed by atoms with E-state index in [1.807, 2.05) is 36.4 Å². The first-order valence-electron chi connectivity index (χ1n) is 7.30. The number of amides is 1. The molecule has 1 amide bonds. The van der Waals surface area contributed by atoms with Gasteiger partial charge < -0.3 is 5.32 Å². The lowest BCUT2D eigenvalue weighted by molar-refractivity contribution is 0.0929. The number of rotatable bonds is 4. The van der Waals surface area contributed by atoms with E-state index in [2.05, 4.69) is 16.7 Å². The molecule has 22 heavy (non-hydrogen) atoms. The van der Waals surface area contributed by atoms with Crippen LogP contribution in [0.2, 0.25) is 0 Å². The highest BCUT2D eigenvalue weighted by atomic mass is 16.3. The lowest BCUT2D eigenvalue weighted by Gasteiger charge is -2.33. The van der Waals surface area contributed by atoms with Crippen LogP contribution in [0.25, 0.3) is 0 Å². The molecule has 0 spiro atoms. The molecule has 1 N–H and O–H groups in total. The van der Waals surface area contributed by atoms with Gasteiger partial charge in [0.25, 0.3) is 5.91 Å². The molecular formula is C17H17N3O2. The number of benzene rings is 2. The maximum Gasteiger partial charge on any atom is 0.251 e. The van der Waals surface area contributed by atoms with E-state index in [9.17, 15) is 9.70 Å². The molecule has 3 rings (SSSR count). The lowest BCUT2D eigenvalue weighted by atomic mass is 9.93. The average Bonchev–Trinajstić information content (AvgIpc) is 2.60. The average molecular weight is 295 g/mol. The molecule has 1 aliphatic heterocycles. The van der Waals surface area contributed by atoms with E-state index in [1.165, 1.54) is 10.6 Å². The minimum atomic E-state index is -0.213. The maximum atomic E-state index is 12.2. The van der Waals surface area contributed by atoms with Crippen LogP contribution in [-0.2, 0) is 6.42 Å². The van der Waals surface area contributed by atoms with Gasteiger partial charge in [-0.1, -0.05) is 42.5 Å². The molecule has 0 saturated heterocycles. The molecule has 5 nitrogen and oxygen atoms in total. The van der Waals surface area contributed by atoms with Gasteiger partial charge in [-0.25, -0.2) is 0 Å². The molecule has 1 heterocycles. The van der Waals surface area contributed by atoms with Crippen molar-refractivity contribution in [3.8, 4) is 0 Å². The van der Waals surface area contributed by atoms with Crippen LogP contribution in [0.3, 0.4) is 0 Å². The molecule has 0 bridgehead atoms. The van der Waals surface area contributed by atoms with Gasteiger partial charge in [0, 0.05) is 18.7 Å². The van der Waals surface area contributed by atoms with E-state index in [0.29, 0.717) is 18.7 Å².